The van der Waals surface area contributed by atoms with Crippen molar-refractivity contribution in [2.75, 3.05) is 4.90 Å². The number of aromatic nitrogens is 4. The van der Waals surface area contributed by atoms with Gasteiger partial charge in [-0.1, -0.05) is 48.6 Å². The SMILES string of the molecule is CCn1c(=O)c(CC(=S)C(N)=O)c(C)n(-c2cccc(C(F)(F)F)c2)c1=O.[C-]#[N+]c1ccc(C(=N)N(C(=N)C(N)=O)c2c(C)n(-c3cccc(C(F)(F)F)c3)c(=O)n(CC)c2=O)cc1. The Balaban J connectivity index is 0.000000295. The first-order chi connectivity index (χ1) is 29.8. The van der Waals surface area contributed by atoms with Crippen molar-refractivity contribution in [1.82, 2.24) is 18.3 Å². The van der Waals surface area contributed by atoms with E-state index in [1.807, 2.05) is 0 Å². The predicted octanol–water partition coefficient (Wildman–Crippen LogP) is 4.94. The molecule has 0 saturated carbocycles. The van der Waals surface area contributed by atoms with E-state index in [1.54, 1.807) is 6.92 Å². The number of hydrogen-bond donors (Lipinski definition) is 4. The Labute approximate surface area is 363 Å². The van der Waals surface area contributed by atoms with Crippen LogP contribution in [0.25, 0.3) is 16.2 Å². The zero-order valence-electron chi connectivity index (χ0n) is 34.0. The highest BCUT2D eigenvalue weighted by atomic mass is 32.1. The number of rotatable bonds is 9. The molecule has 5 aromatic rings. The first-order valence-electron chi connectivity index (χ1n) is 18.5. The minimum Gasteiger partial charge on any atom is -0.365 e. The van der Waals surface area contributed by atoms with Crippen molar-refractivity contribution in [3.05, 3.63) is 160 Å². The van der Waals surface area contributed by atoms with Crippen LogP contribution in [0.15, 0.2) is 92.0 Å². The zero-order chi connectivity index (χ0) is 48.2. The molecule has 2 heterocycles. The van der Waals surface area contributed by atoms with Crippen LogP contribution in [-0.4, -0.2) is 46.6 Å². The van der Waals surface area contributed by atoms with Crippen molar-refractivity contribution in [2.45, 2.75) is 59.6 Å². The molecule has 0 aliphatic heterocycles. The third-order valence-electron chi connectivity index (χ3n) is 9.53. The highest BCUT2D eigenvalue weighted by molar-refractivity contribution is 7.82. The number of carbonyl (C=O) groups is 2. The quantitative estimate of drug-likeness (QED) is 0.0520. The van der Waals surface area contributed by atoms with E-state index in [4.69, 9.17) is 41.1 Å². The van der Waals surface area contributed by atoms with E-state index >= 15 is 0 Å². The molecule has 0 radical (unpaired) electrons. The average molecular weight is 911 g/mol. The first kappa shape index (κ1) is 48.9. The van der Waals surface area contributed by atoms with E-state index in [0.29, 0.717) is 9.47 Å². The van der Waals surface area contributed by atoms with E-state index in [2.05, 4.69) is 4.85 Å². The van der Waals surface area contributed by atoms with Gasteiger partial charge in [0.2, 0.25) is 0 Å². The number of amides is 2. The Morgan fingerprint density at radius 3 is 1.59 bits per heavy atom. The number of nitrogens with two attached hydrogens (primary N) is 2. The molecule has 3 aromatic carbocycles. The third-order valence-corrected chi connectivity index (χ3v) is 9.87. The molecule has 0 saturated heterocycles. The molecule has 5 rings (SSSR count). The second-order valence-corrected chi connectivity index (χ2v) is 13.9. The lowest BCUT2D eigenvalue weighted by atomic mass is 10.1. The van der Waals surface area contributed by atoms with Crippen molar-refractivity contribution >= 4 is 51.9 Å². The zero-order valence-corrected chi connectivity index (χ0v) is 34.8. The summed E-state index contributed by atoms with van der Waals surface area (Å²) in [6.45, 7) is 12.5. The van der Waals surface area contributed by atoms with Gasteiger partial charge in [0.25, 0.3) is 22.9 Å². The van der Waals surface area contributed by atoms with Gasteiger partial charge in [0.1, 0.15) is 11.5 Å². The summed E-state index contributed by atoms with van der Waals surface area (Å²) in [6.07, 6.45) is -9.59. The lowest BCUT2D eigenvalue weighted by molar-refractivity contribution is -0.138. The highest BCUT2D eigenvalue weighted by Gasteiger charge is 2.34. The Morgan fingerprint density at radius 1 is 0.734 bits per heavy atom. The topological polar surface area (TPSA) is 229 Å². The number of anilines is 1. The standard InChI is InChI=1S/C24H20F3N7O3.C17H16F3N3O3S/c1-4-32-22(36)18(13(2)33(23(32)37)17-7-5-6-15(12-17)24(25,26)27)34(20(29)21(30)35)19(28)14-8-10-16(31-3)11-9-14;1-3-22-15(25)12(8-13(27)14(21)24)9(2)23(16(22)26)11-6-4-5-10(7-11)17(18,19)20/h5-12,28-29H,4H2,1-2H3,(H2,30,35);4-7H,3,8H2,1-2H3,(H2,21,24). The maximum Gasteiger partial charge on any atom is 0.416 e. The Hall–Kier alpha value is -7.74. The normalized spacial score (nSPS) is 11.2. The van der Waals surface area contributed by atoms with Crippen molar-refractivity contribution in [2.24, 2.45) is 11.5 Å². The summed E-state index contributed by atoms with van der Waals surface area (Å²) < 4.78 is 82.6. The van der Waals surface area contributed by atoms with Crippen LogP contribution in [0.1, 0.15) is 47.5 Å². The number of primary amides is 2. The smallest absolute Gasteiger partial charge is 0.365 e. The molecule has 0 bridgehead atoms. The largest absolute Gasteiger partial charge is 0.416 e. The third kappa shape index (κ3) is 9.97. The molecule has 64 heavy (non-hydrogen) atoms. The summed E-state index contributed by atoms with van der Waals surface area (Å²) in [5, 5.41) is 16.9. The fourth-order valence-electron chi connectivity index (χ4n) is 6.33. The Morgan fingerprint density at radius 2 is 1.19 bits per heavy atom. The summed E-state index contributed by atoms with van der Waals surface area (Å²) >= 11 is 4.86. The number of amidine groups is 2. The molecule has 0 aliphatic rings. The molecular weight excluding hydrogens is 875 g/mol. The Bertz CT molecular complexity index is 3020. The van der Waals surface area contributed by atoms with Crippen LogP contribution in [0.2, 0.25) is 0 Å². The van der Waals surface area contributed by atoms with Crippen LogP contribution in [0.4, 0.5) is 37.7 Å². The second kappa shape index (κ2) is 19.1. The van der Waals surface area contributed by atoms with Gasteiger partial charge in [-0.05, 0) is 64.1 Å². The van der Waals surface area contributed by atoms with Crippen LogP contribution < -0.4 is 38.9 Å². The van der Waals surface area contributed by atoms with Crippen molar-refractivity contribution in [3.63, 3.8) is 0 Å². The molecule has 0 spiro atoms. The van der Waals surface area contributed by atoms with Crippen LogP contribution >= 0.6 is 12.2 Å². The first-order valence-corrected chi connectivity index (χ1v) is 18.9. The van der Waals surface area contributed by atoms with Gasteiger partial charge < -0.3 is 11.5 Å². The van der Waals surface area contributed by atoms with Crippen molar-refractivity contribution in [1.29, 1.82) is 10.8 Å². The molecule has 0 fully saturated rings. The van der Waals surface area contributed by atoms with Gasteiger partial charge in [-0.2, -0.15) is 26.3 Å². The molecule has 23 heteroatoms. The van der Waals surface area contributed by atoms with E-state index in [-0.39, 0.29) is 64.0 Å². The summed E-state index contributed by atoms with van der Waals surface area (Å²) in [5.41, 5.74) is 4.53. The number of carbonyl (C=O) groups excluding carboxylic acids is 2. The van der Waals surface area contributed by atoms with E-state index in [0.717, 1.165) is 44.0 Å². The van der Waals surface area contributed by atoms with Crippen LogP contribution in [0, 0.1) is 31.2 Å². The molecule has 2 amide bonds. The minimum absolute atomic E-state index is 0.00670. The maximum atomic E-state index is 13.4. The maximum absolute atomic E-state index is 13.4. The highest BCUT2D eigenvalue weighted by Crippen LogP contribution is 2.32. The molecule has 0 aliphatic carbocycles. The van der Waals surface area contributed by atoms with Crippen LogP contribution in [0.3, 0.4) is 0 Å². The van der Waals surface area contributed by atoms with Gasteiger partial charge in [0, 0.05) is 36.3 Å². The number of alkyl halides is 6. The second-order valence-electron chi connectivity index (χ2n) is 13.4. The molecule has 16 nitrogen and oxygen atoms in total. The molecule has 2 aromatic heterocycles. The molecule has 6 N–H and O–H groups in total. The van der Waals surface area contributed by atoms with Crippen molar-refractivity contribution in [3.8, 4) is 11.4 Å². The average Bonchev–Trinajstić information content (AvgIpc) is 3.23. The number of nitrogens with zero attached hydrogens (tertiary/aromatic N) is 6. The number of nitrogens with one attached hydrogen (secondary N) is 2. The van der Waals surface area contributed by atoms with Crippen LogP contribution in [0.5, 0.6) is 0 Å². The monoisotopic (exact) mass is 910 g/mol. The number of benzene rings is 3. The summed E-state index contributed by atoms with van der Waals surface area (Å²) in [7, 11) is 0. The van der Waals surface area contributed by atoms with E-state index in [1.165, 1.54) is 63.2 Å². The van der Waals surface area contributed by atoms with Gasteiger partial charge in [0.05, 0.1) is 39.6 Å². The number of hydrogen-bond acceptors (Lipinski definition) is 9. The molecular formula is C41H36F6N10O6S. The summed E-state index contributed by atoms with van der Waals surface area (Å²) in [4.78, 5) is 78.8. The molecule has 0 atom stereocenters. The number of thiocarbonyl (C=S) groups is 1. The van der Waals surface area contributed by atoms with Gasteiger partial charge >= 0.3 is 23.7 Å². The fourth-order valence-corrected chi connectivity index (χ4v) is 6.47. The Kier molecular flexibility index (Phi) is 14.6. The van der Waals surface area contributed by atoms with Gasteiger partial charge in [-0.25, -0.2) is 14.4 Å². The fraction of sp³-hybridized carbons (Fsp3) is 0.220. The lowest BCUT2D eigenvalue weighted by Crippen LogP contribution is -2.50. The molecule has 334 valence electrons. The summed E-state index contributed by atoms with van der Waals surface area (Å²) in [6, 6.07) is 13.5. The van der Waals surface area contributed by atoms with E-state index in [9.17, 15) is 55.1 Å². The minimum atomic E-state index is -4.71. The van der Waals surface area contributed by atoms with Gasteiger partial charge in [-0.15, -0.1) is 0 Å². The predicted molar refractivity (Wildman–Crippen MR) is 228 cm³/mol. The molecule has 0 unspecified atom stereocenters. The van der Waals surface area contributed by atoms with E-state index < -0.39 is 75.2 Å². The van der Waals surface area contributed by atoms with Gasteiger partial charge in [0.15, 0.2) is 11.5 Å². The van der Waals surface area contributed by atoms with Gasteiger partial charge in [-0.3, -0.25) is 53.2 Å². The number of halogens is 6. The lowest BCUT2D eigenvalue weighted by Gasteiger charge is -2.27. The van der Waals surface area contributed by atoms with Crippen LogP contribution in [-0.2, 0) is 41.5 Å². The van der Waals surface area contributed by atoms with Crippen molar-refractivity contribution < 1.29 is 35.9 Å². The summed E-state index contributed by atoms with van der Waals surface area (Å²) in [5.74, 6) is -3.74.